The first kappa shape index (κ1) is 16.9. The third-order valence-corrected chi connectivity index (χ3v) is 5.22. The van der Waals surface area contributed by atoms with E-state index in [-0.39, 0.29) is 11.8 Å². The quantitative estimate of drug-likeness (QED) is 0.734. The molecule has 0 saturated carbocycles. The van der Waals surface area contributed by atoms with E-state index in [9.17, 15) is 4.79 Å². The molecule has 0 spiro atoms. The molecule has 3 aromatic heterocycles. The first-order valence-corrected chi connectivity index (χ1v) is 9.37. The van der Waals surface area contributed by atoms with Crippen LogP contribution >= 0.6 is 11.3 Å². The molecular weight excluding hydrogens is 354 g/mol. The van der Waals surface area contributed by atoms with Crippen molar-refractivity contribution in [3.63, 3.8) is 0 Å². The van der Waals surface area contributed by atoms with E-state index in [4.69, 9.17) is 8.83 Å². The van der Waals surface area contributed by atoms with Gasteiger partial charge in [0.05, 0.1) is 18.5 Å². The maximum Gasteiger partial charge on any atom is 0.283 e. The highest BCUT2D eigenvalue weighted by atomic mass is 32.1. The van der Waals surface area contributed by atoms with Crippen molar-refractivity contribution in [2.45, 2.75) is 25.7 Å². The van der Waals surface area contributed by atoms with Gasteiger partial charge in [-0.2, -0.15) is 0 Å². The number of likely N-dealkylation sites (tertiary alicyclic amines) is 1. The van der Waals surface area contributed by atoms with Gasteiger partial charge in [-0.3, -0.25) is 9.69 Å². The number of carbonyl (C=O) groups is 1. The van der Waals surface area contributed by atoms with Crippen LogP contribution in [0.3, 0.4) is 0 Å². The van der Waals surface area contributed by atoms with Crippen molar-refractivity contribution in [2.75, 3.05) is 25.0 Å². The van der Waals surface area contributed by atoms with Crippen LogP contribution < -0.4 is 5.32 Å². The molecule has 1 saturated heterocycles. The van der Waals surface area contributed by atoms with Gasteiger partial charge >= 0.3 is 0 Å². The largest absolute Gasteiger partial charge is 0.459 e. The van der Waals surface area contributed by atoms with E-state index in [2.05, 4.69) is 25.4 Å². The van der Waals surface area contributed by atoms with E-state index >= 15 is 0 Å². The average Bonchev–Trinajstić information content (AvgIpc) is 3.36. The van der Waals surface area contributed by atoms with Gasteiger partial charge in [-0.25, -0.2) is 4.98 Å². The predicted molar refractivity (Wildman–Crippen MR) is 95.9 cm³/mol. The van der Waals surface area contributed by atoms with Crippen molar-refractivity contribution in [1.29, 1.82) is 0 Å². The summed E-state index contributed by atoms with van der Waals surface area (Å²) in [4.78, 5) is 18.5. The smallest absolute Gasteiger partial charge is 0.283 e. The maximum atomic E-state index is 12.1. The second-order valence-electron chi connectivity index (χ2n) is 6.32. The van der Waals surface area contributed by atoms with Gasteiger partial charge in [0.1, 0.15) is 0 Å². The van der Waals surface area contributed by atoms with Gasteiger partial charge in [0.15, 0.2) is 10.9 Å². The topological polar surface area (TPSA) is 97.3 Å². The molecule has 1 N–H and O–H groups in total. The Labute approximate surface area is 154 Å². The second kappa shape index (κ2) is 7.38. The molecule has 4 rings (SSSR count). The summed E-state index contributed by atoms with van der Waals surface area (Å²) in [7, 11) is 0. The fourth-order valence-electron chi connectivity index (χ4n) is 3.01. The van der Waals surface area contributed by atoms with Crippen LogP contribution in [0.25, 0.3) is 11.7 Å². The Balaban J connectivity index is 1.28. The Morgan fingerprint density at radius 3 is 2.92 bits per heavy atom. The van der Waals surface area contributed by atoms with E-state index in [1.165, 1.54) is 11.3 Å². The third kappa shape index (κ3) is 3.83. The zero-order valence-corrected chi connectivity index (χ0v) is 15.2. The van der Waals surface area contributed by atoms with E-state index in [0.717, 1.165) is 31.6 Å². The Hall–Kier alpha value is -2.52. The van der Waals surface area contributed by atoms with E-state index in [0.29, 0.717) is 29.2 Å². The van der Waals surface area contributed by atoms with Crippen molar-refractivity contribution >= 4 is 22.4 Å². The molecule has 3 aromatic rings. The number of furan rings is 1. The number of nitrogens with zero attached hydrogens (tertiary/aromatic N) is 4. The molecule has 0 unspecified atom stereocenters. The Morgan fingerprint density at radius 2 is 2.23 bits per heavy atom. The summed E-state index contributed by atoms with van der Waals surface area (Å²) in [6, 6.07) is 3.58. The van der Waals surface area contributed by atoms with E-state index in [1.54, 1.807) is 18.4 Å². The van der Waals surface area contributed by atoms with E-state index < -0.39 is 0 Å². The molecule has 1 aliphatic rings. The Kier molecular flexibility index (Phi) is 4.81. The van der Waals surface area contributed by atoms with Crippen LogP contribution in [0.5, 0.6) is 0 Å². The molecule has 26 heavy (non-hydrogen) atoms. The lowest BCUT2D eigenvalue weighted by Gasteiger charge is -2.29. The molecule has 0 atom stereocenters. The summed E-state index contributed by atoms with van der Waals surface area (Å²) in [5, 5.41) is 13.6. The first-order valence-electron chi connectivity index (χ1n) is 8.49. The first-order chi connectivity index (χ1) is 12.7. The molecule has 0 radical (unpaired) electrons. The van der Waals surface area contributed by atoms with Gasteiger partial charge in [-0.15, -0.1) is 21.5 Å². The van der Waals surface area contributed by atoms with Crippen LogP contribution in [0, 0.1) is 6.92 Å². The highest BCUT2D eigenvalue weighted by molar-refractivity contribution is 7.13. The number of rotatable bonds is 5. The fraction of sp³-hybridized carbons (Fsp3) is 0.412. The zero-order chi connectivity index (χ0) is 17.9. The van der Waals surface area contributed by atoms with Crippen LogP contribution in [0.1, 0.15) is 30.3 Å². The number of thiazole rings is 1. The van der Waals surface area contributed by atoms with Crippen LogP contribution in [-0.2, 0) is 4.79 Å². The van der Waals surface area contributed by atoms with Gasteiger partial charge in [-0.05, 0) is 45.0 Å². The molecule has 4 heterocycles. The normalized spacial score (nSPS) is 16.0. The summed E-state index contributed by atoms with van der Waals surface area (Å²) in [5.74, 6) is 1.81. The molecule has 1 aliphatic heterocycles. The summed E-state index contributed by atoms with van der Waals surface area (Å²) in [6.45, 7) is 3.90. The highest BCUT2D eigenvalue weighted by Crippen LogP contribution is 2.29. The number of anilines is 1. The number of amides is 1. The van der Waals surface area contributed by atoms with Crippen molar-refractivity contribution in [3.8, 4) is 11.7 Å². The molecule has 0 bridgehead atoms. The van der Waals surface area contributed by atoms with Gasteiger partial charge in [0.25, 0.3) is 5.89 Å². The number of carbonyl (C=O) groups excluding carboxylic acids is 1. The highest BCUT2D eigenvalue weighted by Gasteiger charge is 2.26. The SMILES string of the molecule is Cc1csc(NC(=O)CN2CCC(c3nnc(-c4ccco4)o3)CC2)n1. The molecule has 0 aliphatic carbocycles. The van der Waals surface area contributed by atoms with Crippen LogP contribution in [-0.4, -0.2) is 45.6 Å². The van der Waals surface area contributed by atoms with Crippen molar-refractivity contribution in [3.05, 3.63) is 35.4 Å². The summed E-state index contributed by atoms with van der Waals surface area (Å²) >= 11 is 1.44. The number of hydrogen-bond donors (Lipinski definition) is 1. The van der Waals surface area contributed by atoms with Crippen molar-refractivity contribution in [2.24, 2.45) is 0 Å². The minimum Gasteiger partial charge on any atom is -0.459 e. The molecule has 8 nitrogen and oxygen atoms in total. The number of aromatic nitrogens is 3. The Bertz CT molecular complexity index is 865. The minimum atomic E-state index is -0.0318. The van der Waals surface area contributed by atoms with Gasteiger partial charge in [-0.1, -0.05) is 0 Å². The number of aryl methyl sites for hydroxylation is 1. The summed E-state index contributed by atoms with van der Waals surface area (Å²) in [5.41, 5.74) is 0.916. The number of piperidine rings is 1. The molecular formula is C17H19N5O3S. The molecule has 136 valence electrons. The molecule has 1 fully saturated rings. The van der Waals surface area contributed by atoms with Crippen molar-refractivity contribution in [1.82, 2.24) is 20.1 Å². The number of nitrogens with one attached hydrogen (secondary N) is 1. The van der Waals surface area contributed by atoms with Crippen LogP contribution in [0.15, 0.2) is 32.6 Å². The lowest BCUT2D eigenvalue weighted by molar-refractivity contribution is -0.117. The van der Waals surface area contributed by atoms with E-state index in [1.807, 2.05) is 12.3 Å². The van der Waals surface area contributed by atoms with Crippen LogP contribution in [0.2, 0.25) is 0 Å². The predicted octanol–water partition coefficient (Wildman–Crippen LogP) is 2.91. The average molecular weight is 373 g/mol. The zero-order valence-electron chi connectivity index (χ0n) is 14.3. The molecule has 1 amide bonds. The minimum absolute atomic E-state index is 0.0318. The lowest BCUT2D eigenvalue weighted by atomic mass is 9.97. The van der Waals surface area contributed by atoms with Gasteiger partial charge in [0.2, 0.25) is 11.8 Å². The second-order valence-corrected chi connectivity index (χ2v) is 7.17. The third-order valence-electron chi connectivity index (χ3n) is 4.34. The van der Waals surface area contributed by atoms with Crippen LogP contribution in [0.4, 0.5) is 5.13 Å². The molecule has 9 heteroatoms. The fourth-order valence-corrected chi connectivity index (χ4v) is 3.72. The maximum absolute atomic E-state index is 12.1. The lowest BCUT2D eigenvalue weighted by Crippen LogP contribution is -2.38. The Morgan fingerprint density at radius 1 is 1.38 bits per heavy atom. The van der Waals surface area contributed by atoms with Crippen molar-refractivity contribution < 1.29 is 13.6 Å². The summed E-state index contributed by atoms with van der Waals surface area (Å²) in [6.07, 6.45) is 3.34. The number of hydrogen-bond acceptors (Lipinski definition) is 8. The van der Waals surface area contributed by atoms with Gasteiger partial charge in [0, 0.05) is 11.3 Å². The van der Waals surface area contributed by atoms with Gasteiger partial charge < -0.3 is 14.2 Å². The summed E-state index contributed by atoms with van der Waals surface area (Å²) < 4.78 is 11.0. The standard InChI is InChI=1S/C17H19N5O3S/c1-11-10-26-17(18-11)19-14(23)9-22-6-4-12(5-7-22)15-20-21-16(25-15)13-3-2-8-24-13/h2-3,8,10,12H,4-7,9H2,1H3,(H,18,19,23). The monoisotopic (exact) mass is 373 g/mol. The molecule has 0 aromatic carbocycles.